The average molecular weight is 559 g/mol. The quantitative estimate of drug-likeness (QED) is 0.347. The molecule has 0 bridgehead atoms. The van der Waals surface area contributed by atoms with Crippen molar-refractivity contribution in [3.8, 4) is 0 Å². The van der Waals surface area contributed by atoms with Crippen molar-refractivity contribution in [3.05, 3.63) is 110 Å². The van der Waals surface area contributed by atoms with Gasteiger partial charge in [-0.25, -0.2) is 15.0 Å². The van der Waals surface area contributed by atoms with E-state index in [1.54, 1.807) is 21.9 Å². The first-order valence-corrected chi connectivity index (χ1v) is 14.9. The molecule has 1 N–H and O–H groups in total. The van der Waals surface area contributed by atoms with E-state index in [1.807, 2.05) is 0 Å². The fourth-order valence-electron chi connectivity index (χ4n) is 3.01. The van der Waals surface area contributed by atoms with Gasteiger partial charge in [0.1, 0.15) is 11.8 Å². The van der Waals surface area contributed by atoms with Crippen LogP contribution < -0.4 is 9.37 Å². The van der Waals surface area contributed by atoms with Gasteiger partial charge >= 0.3 is 123 Å². The van der Waals surface area contributed by atoms with Gasteiger partial charge in [0.15, 0.2) is 5.65 Å². The molecule has 5 aromatic rings. The number of rotatable bonds is 3. The molecule has 135 valence electrons. The van der Waals surface area contributed by atoms with Crippen LogP contribution in [0.25, 0.3) is 11.2 Å². The number of aromatic nitrogens is 4. The first kappa shape index (κ1) is 18.5. The van der Waals surface area contributed by atoms with Crippen LogP contribution in [0.4, 0.5) is 0 Å². The Bertz CT molecular complexity index is 988. The van der Waals surface area contributed by atoms with E-state index in [2.05, 4.69) is 111 Å². The minimum Gasteiger partial charge on any atom is -0.342 e. The van der Waals surface area contributed by atoms with Crippen LogP contribution in [0.15, 0.2) is 110 Å². The molecule has 0 aliphatic heterocycles. The molecule has 5 heteroatoms. The third-order valence-electron chi connectivity index (χ3n) is 4.29. The number of nitrogens with zero attached hydrogens (tertiary/aromatic N) is 3. The second kappa shape index (κ2) is 9.37. The second-order valence-electron chi connectivity index (χ2n) is 6.14. The zero-order valence-electron chi connectivity index (χ0n) is 15.2. The van der Waals surface area contributed by atoms with E-state index in [4.69, 9.17) is 0 Å². The summed E-state index contributed by atoms with van der Waals surface area (Å²) in [7, 11) is 0. The van der Waals surface area contributed by atoms with E-state index in [1.165, 1.54) is 6.33 Å². The Balaban J connectivity index is 0.000000177. The molecule has 0 aliphatic rings. The van der Waals surface area contributed by atoms with Crippen molar-refractivity contribution in [3.63, 3.8) is 0 Å². The Kier molecular flexibility index (Phi) is 6.19. The van der Waals surface area contributed by atoms with Crippen molar-refractivity contribution in [2.75, 3.05) is 0 Å². The van der Waals surface area contributed by atoms with Crippen LogP contribution in [0.3, 0.4) is 0 Å². The Labute approximate surface area is 172 Å². The summed E-state index contributed by atoms with van der Waals surface area (Å²) >= 11 is -2.17. The van der Waals surface area contributed by atoms with Gasteiger partial charge in [-0.05, 0) is 0 Å². The van der Waals surface area contributed by atoms with Gasteiger partial charge in [0.2, 0.25) is 0 Å². The summed E-state index contributed by atoms with van der Waals surface area (Å²) in [5.41, 5.74) is 1.59. The Morgan fingerprint density at radius 3 is 1.57 bits per heavy atom. The van der Waals surface area contributed by atoms with E-state index in [0.29, 0.717) is 5.65 Å². The molecule has 5 rings (SSSR count). The van der Waals surface area contributed by atoms with Crippen molar-refractivity contribution >= 4 is 43.2 Å². The molecule has 2 heterocycles. The first-order chi connectivity index (χ1) is 13.9. The number of hydrogen-bond acceptors (Lipinski definition) is 3. The van der Waals surface area contributed by atoms with Gasteiger partial charge in [-0.1, -0.05) is 0 Å². The number of imidazole rings is 1. The zero-order valence-corrected chi connectivity index (χ0v) is 19.1. The molecule has 0 amide bonds. The smallest absolute Gasteiger partial charge is 0.180 e. The maximum absolute atomic E-state index is 3.91. The topological polar surface area (TPSA) is 54.5 Å². The minimum atomic E-state index is -2.17. The van der Waals surface area contributed by atoms with Crippen LogP contribution in [0.5, 0.6) is 0 Å². The fraction of sp³-hybridized carbons (Fsp3) is 0. The van der Waals surface area contributed by atoms with Crippen molar-refractivity contribution in [2.45, 2.75) is 0 Å². The van der Waals surface area contributed by atoms with Gasteiger partial charge in [0, 0.05) is 0 Å². The number of nitrogens with one attached hydrogen (secondary N) is 1. The van der Waals surface area contributed by atoms with Crippen molar-refractivity contribution in [1.29, 1.82) is 0 Å². The predicted molar refractivity (Wildman–Crippen MR) is 116 cm³/mol. The van der Waals surface area contributed by atoms with Crippen molar-refractivity contribution < 1.29 is 0 Å². The number of aromatic amines is 1. The molecule has 4 nitrogen and oxygen atoms in total. The molecule has 2 aromatic heterocycles. The molecular weight excluding hydrogens is 539 g/mol. The summed E-state index contributed by atoms with van der Waals surface area (Å²) in [5.74, 6) is 0. The first-order valence-electron chi connectivity index (χ1n) is 9.04. The molecular formula is C23H19N4Pb. The van der Waals surface area contributed by atoms with Crippen LogP contribution in [0.1, 0.15) is 0 Å². The maximum Gasteiger partial charge on any atom is 0.180 e. The molecule has 0 spiro atoms. The van der Waals surface area contributed by atoms with Crippen LogP contribution in [0.2, 0.25) is 0 Å². The summed E-state index contributed by atoms with van der Waals surface area (Å²) in [6, 6.07) is 33.0. The van der Waals surface area contributed by atoms with Crippen molar-refractivity contribution in [2.24, 2.45) is 0 Å². The van der Waals surface area contributed by atoms with E-state index < -0.39 is 22.7 Å². The normalized spacial score (nSPS) is 10.5. The molecule has 0 saturated heterocycles. The Morgan fingerprint density at radius 1 is 0.607 bits per heavy atom. The van der Waals surface area contributed by atoms with Gasteiger partial charge in [-0.15, -0.1) is 0 Å². The number of benzene rings is 3. The molecule has 3 aromatic carbocycles. The van der Waals surface area contributed by atoms with E-state index >= 15 is 0 Å². The van der Waals surface area contributed by atoms with E-state index in [0.717, 1.165) is 5.52 Å². The summed E-state index contributed by atoms with van der Waals surface area (Å²) in [6.45, 7) is 0. The molecule has 1 radical (unpaired) electrons. The number of H-pyrrole nitrogens is 1. The van der Waals surface area contributed by atoms with Gasteiger partial charge in [-0.3, -0.25) is 0 Å². The number of fused-ring (bicyclic) bond motifs is 1. The summed E-state index contributed by atoms with van der Waals surface area (Å²) in [6.07, 6.45) is 4.76. The molecule has 0 saturated carbocycles. The van der Waals surface area contributed by atoms with Gasteiger partial charge < -0.3 is 4.98 Å². The number of hydrogen-bond donors (Lipinski definition) is 1. The average Bonchev–Trinajstić information content (AvgIpc) is 3.26. The zero-order chi connectivity index (χ0) is 19.0. The van der Waals surface area contributed by atoms with Crippen LogP contribution in [-0.4, -0.2) is 42.6 Å². The van der Waals surface area contributed by atoms with Gasteiger partial charge in [-0.2, -0.15) is 0 Å². The molecule has 0 aliphatic carbocycles. The molecule has 28 heavy (non-hydrogen) atoms. The van der Waals surface area contributed by atoms with E-state index in [9.17, 15) is 0 Å². The third-order valence-corrected chi connectivity index (χ3v) is 14.9. The van der Waals surface area contributed by atoms with Crippen LogP contribution in [0, 0.1) is 0 Å². The Morgan fingerprint density at radius 2 is 1.11 bits per heavy atom. The second-order valence-corrected chi connectivity index (χ2v) is 15.8. The van der Waals surface area contributed by atoms with E-state index in [-0.39, 0.29) is 0 Å². The third kappa shape index (κ3) is 4.51. The predicted octanol–water partition coefficient (Wildman–Crippen LogP) is 2.56. The summed E-state index contributed by atoms with van der Waals surface area (Å²) in [5, 5.41) is 0. The minimum absolute atomic E-state index is 0.713. The van der Waals surface area contributed by atoms with Crippen molar-refractivity contribution in [1.82, 2.24) is 19.9 Å². The van der Waals surface area contributed by atoms with Crippen LogP contribution in [-0.2, 0) is 0 Å². The molecule has 0 atom stereocenters. The SMILES string of the molecule is c1cc[c]([Pb]([c]2ccccc2)[c]2ccccc2)cc1.c1ncc2[nH]cnc2n1. The fourth-order valence-corrected chi connectivity index (χ4v) is 13.0. The molecule has 0 fully saturated rings. The standard InChI is InChI=1S/3C6H5.C5H4N4.Pb/c3*1-2-4-6-5-3-1;1-4-5(8-2-6-1)9-3-7-4;/h3*1-5H;1-3H,(H,6,7,8,9);. The van der Waals surface area contributed by atoms with Gasteiger partial charge in [0.25, 0.3) is 0 Å². The van der Waals surface area contributed by atoms with Gasteiger partial charge in [0.05, 0.1) is 12.5 Å². The van der Waals surface area contributed by atoms with Crippen LogP contribution >= 0.6 is 0 Å². The monoisotopic (exact) mass is 559 g/mol. The maximum atomic E-state index is 3.91. The molecule has 0 unspecified atom stereocenters. The summed E-state index contributed by atoms with van der Waals surface area (Å²) in [4.78, 5) is 14.5. The summed E-state index contributed by atoms with van der Waals surface area (Å²) < 4.78 is 4.64. The Hall–Kier alpha value is -2.87. The largest absolute Gasteiger partial charge is 0.342 e.